The molecule has 0 aliphatic carbocycles. The molecule has 1 aromatic carbocycles. The second kappa shape index (κ2) is 7.02. The van der Waals surface area contributed by atoms with Gasteiger partial charge in [0.15, 0.2) is 0 Å². The van der Waals surface area contributed by atoms with Gasteiger partial charge < -0.3 is 14.4 Å². The smallest absolute Gasteiger partial charge is 0.244 e. The average molecular weight is 364 g/mol. The third-order valence-electron chi connectivity index (χ3n) is 3.33. The minimum Gasteiger partial charge on any atom is -0.339 e. The molecule has 0 aliphatic heterocycles. The van der Waals surface area contributed by atoms with Gasteiger partial charge in [-0.05, 0) is 18.2 Å². The molecule has 1 amide bonds. The molecule has 0 fully saturated rings. The molecular weight excluding hydrogens is 349 g/mol. The summed E-state index contributed by atoms with van der Waals surface area (Å²) in [5.41, 5.74) is 0.921. The molecule has 0 bridgehead atoms. The lowest BCUT2D eigenvalue weighted by Crippen LogP contribution is -2.17. The van der Waals surface area contributed by atoms with Crippen LogP contribution in [0.2, 0.25) is 5.02 Å². The molecule has 2 heterocycles. The third kappa shape index (κ3) is 4.03. The number of rotatable bonds is 5. The molecular formula is C16H15ClFN5O2. The average Bonchev–Trinajstić information content (AvgIpc) is 3.19. The molecule has 0 spiro atoms. The van der Waals surface area contributed by atoms with Gasteiger partial charge in [-0.3, -0.25) is 4.79 Å². The van der Waals surface area contributed by atoms with Crippen LogP contribution in [0.3, 0.4) is 0 Å². The fourth-order valence-electron chi connectivity index (χ4n) is 2.08. The van der Waals surface area contributed by atoms with Crippen molar-refractivity contribution in [2.75, 3.05) is 5.32 Å². The van der Waals surface area contributed by atoms with Crippen molar-refractivity contribution < 1.29 is 13.7 Å². The second-order valence-electron chi connectivity index (χ2n) is 5.72. The molecule has 0 atom stereocenters. The highest BCUT2D eigenvalue weighted by Gasteiger charge is 2.14. The Kier molecular flexibility index (Phi) is 4.80. The molecule has 0 aliphatic rings. The van der Waals surface area contributed by atoms with E-state index in [4.69, 9.17) is 16.1 Å². The SMILES string of the molecule is CC(C)c1nc(-c2cn(CC(=O)Nc3ccc(F)c(Cl)c3)cn2)no1. The van der Waals surface area contributed by atoms with E-state index in [0.29, 0.717) is 23.1 Å². The first-order valence-corrected chi connectivity index (χ1v) is 7.91. The maximum atomic E-state index is 13.1. The van der Waals surface area contributed by atoms with Gasteiger partial charge in [-0.1, -0.05) is 30.6 Å². The summed E-state index contributed by atoms with van der Waals surface area (Å²) < 4.78 is 19.8. The molecule has 0 radical (unpaired) electrons. The highest BCUT2D eigenvalue weighted by Crippen LogP contribution is 2.20. The zero-order valence-electron chi connectivity index (χ0n) is 13.5. The molecule has 3 aromatic rings. The number of halogens is 2. The zero-order chi connectivity index (χ0) is 18.0. The summed E-state index contributed by atoms with van der Waals surface area (Å²) in [6, 6.07) is 3.97. The van der Waals surface area contributed by atoms with Crippen molar-refractivity contribution in [1.29, 1.82) is 0 Å². The topological polar surface area (TPSA) is 85.8 Å². The van der Waals surface area contributed by atoms with Crippen molar-refractivity contribution in [3.8, 4) is 11.5 Å². The molecule has 9 heteroatoms. The van der Waals surface area contributed by atoms with Crippen LogP contribution in [-0.4, -0.2) is 25.6 Å². The van der Waals surface area contributed by atoms with E-state index in [1.54, 1.807) is 10.8 Å². The van der Waals surface area contributed by atoms with Crippen molar-refractivity contribution in [2.24, 2.45) is 0 Å². The van der Waals surface area contributed by atoms with Gasteiger partial charge in [0.1, 0.15) is 18.1 Å². The zero-order valence-corrected chi connectivity index (χ0v) is 14.3. The number of amides is 1. The van der Waals surface area contributed by atoms with Gasteiger partial charge in [-0.15, -0.1) is 0 Å². The number of nitrogens with zero attached hydrogens (tertiary/aromatic N) is 4. The maximum Gasteiger partial charge on any atom is 0.244 e. The summed E-state index contributed by atoms with van der Waals surface area (Å²) in [6.07, 6.45) is 3.14. The first-order chi connectivity index (χ1) is 11.9. The van der Waals surface area contributed by atoms with Crippen LogP contribution >= 0.6 is 11.6 Å². The highest BCUT2D eigenvalue weighted by molar-refractivity contribution is 6.31. The van der Waals surface area contributed by atoms with Crippen LogP contribution in [0, 0.1) is 5.82 Å². The highest BCUT2D eigenvalue weighted by atomic mass is 35.5. The fraction of sp³-hybridized carbons (Fsp3) is 0.250. The van der Waals surface area contributed by atoms with E-state index in [1.165, 1.54) is 24.5 Å². The monoisotopic (exact) mass is 363 g/mol. The van der Waals surface area contributed by atoms with E-state index < -0.39 is 5.82 Å². The number of anilines is 1. The van der Waals surface area contributed by atoms with Gasteiger partial charge in [0.25, 0.3) is 0 Å². The number of carbonyl (C=O) groups excluding carboxylic acids is 1. The summed E-state index contributed by atoms with van der Waals surface area (Å²) in [4.78, 5) is 20.5. The summed E-state index contributed by atoms with van der Waals surface area (Å²) >= 11 is 5.69. The lowest BCUT2D eigenvalue weighted by molar-refractivity contribution is -0.116. The van der Waals surface area contributed by atoms with E-state index >= 15 is 0 Å². The quantitative estimate of drug-likeness (QED) is 0.749. The molecule has 130 valence electrons. The Morgan fingerprint density at radius 3 is 2.92 bits per heavy atom. The largest absolute Gasteiger partial charge is 0.339 e. The number of benzene rings is 1. The number of hydrogen-bond acceptors (Lipinski definition) is 5. The van der Waals surface area contributed by atoms with Gasteiger partial charge in [0, 0.05) is 17.8 Å². The molecule has 0 saturated carbocycles. The lowest BCUT2D eigenvalue weighted by Gasteiger charge is -2.06. The molecule has 1 N–H and O–H groups in total. The molecule has 0 saturated heterocycles. The Morgan fingerprint density at radius 2 is 2.24 bits per heavy atom. The predicted molar refractivity (Wildman–Crippen MR) is 89.6 cm³/mol. The van der Waals surface area contributed by atoms with Gasteiger partial charge >= 0.3 is 0 Å². The van der Waals surface area contributed by atoms with E-state index in [1.807, 2.05) is 13.8 Å². The van der Waals surface area contributed by atoms with Crippen LogP contribution in [0.5, 0.6) is 0 Å². The van der Waals surface area contributed by atoms with E-state index in [9.17, 15) is 9.18 Å². The second-order valence-corrected chi connectivity index (χ2v) is 6.13. The summed E-state index contributed by atoms with van der Waals surface area (Å²) in [5, 5.41) is 6.46. The van der Waals surface area contributed by atoms with Crippen LogP contribution in [-0.2, 0) is 11.3 Å². The first kappa shape index (κ1) is 17.1. The van der Waals surface area contributed by atoms with Crippen LogP contribution in [0.15, 0.2) is 35.2 Å². The predicted octanol–water partition coefficient (Wildman–Crippen LogP) is 3.49. The first-order valence-electron chi connectivity index (χ1n) is 7.53. The van der Waals surface area contributed by atoms with Crippen molar-refractivity contribution in [3.05, 3.63) is 47.5 Å². The van der Waals surface area contributed by atoms with Crippen molar-refractivity contribution in [2.45, 2.75) is 26.3 Å². The van der Waals surface area contributed by atoms with Gasteiger partial charge in [0.2, 0.25) is 17.6 Å². The number of hydrogen-bond donors (Lipinski definition) is 1. The Morgan fingerprint density at radius 1 is 1.44 bits per heavy atom. The van der Waals surface area contributed by atoms with Crippen LogP contribution in [0.4, 0.5) is 10.1 Å². The van der Waals surface area contributed by atoms with Crippen molar-refractivity contribution >= 4 is 23.2 Å². The van der Waals surface area contributed by atoms with Gasteiger partial charge in [-0.25, -0.2) is 9.37 Å². The van der Waals surface area contributed by atoms with Crippen LogP contribution in [0.1, 0.15) is 25.7 Å². The Labute approximate surface area is 147 Å². The van der Waals surface area contributed by atoms with Crippen LogP contribution in [0.25, 0.3) is 11.5 Å². The number of aromatic nitrogens is 4. The fourth-order valence-corrected chi connectivity index (χ4v) is 2.26. The molecule has 2 aromatic heterocycles. The Balaban J connectivity index is 1.66. The minimum absolute atomic E-state index is 0.0247. The number of nitrogens with one attached hydrogen (secondary N) is 1. The van der Waals surface area contributed by atoms with Crippen molar-refractivity contribution in [1.82, 2.24) is 19.7 Å². The standard InChI is InChI=1S/C16H15ClFN5O2/c1-9(2)16-21-15(22-25-16)13-6-23(8-19-13)7-14(24)20-10-3-4-12(18)11(17)5-10/h3-6,8-9H,7H2,1-2H3,(H,20,24). The van der Waals surface area contributed by atoms with E-state index in [0.717, 1.165) is 0 Å². The molecule has 7 nitrogen and oxygen atoms in total. The Bertz CT molecular complexity index is 906. The maximum absolute atomic E-state index is 13.1. The minimum atomic E-state index is -0.542. The van der Waals surface area contributed by atoms with Crippen molar-refractivity contribution in [3.63, 3.8) is 0 Å². The molecule has 25 heavy (non-hydrogen) atoms. The summed E-state index contributed by atoms with van der Waals surface area (Å²) in [5.74, 6) is 0.169. The molecule has 0 unspecified atom stereocenters. The van der Waals surface area contributed by atoms with E-state index in [-0.39, 0.29) is 23.4 Å². The van der Waals surface area contributed by atoms with Crippen LogP contribution < -0.4 is 5.32 Å². The lowest BCUT2D eigenvalue weighted by atomic mass is 10.2. The van der Waals surface area contributed by atoms with Gasteiger partial charge in [-0.2, -0.15) is 4.98 Å². The third-order valence-corrected chi connectivity index (χ3v) is 3.62. The molecule has 3 rings (SSSR count). The Hall–Kier alpha value is -2.74. The normalized spacial score (nSPS) is 11.1. The van der Waals surface area contributed by atoms with E-state index in [2.05, 4.69) is 20.4 Å². The van der Waals surface area contributed by atoms with Gasteiger partial charge in [0.05, 0.1) is 11.3 Å². The summed E-state index contributed by atoms with van der Waals surface area (Å²) in [6.45, 7) is 3.92. The number of imidazole rings is 1. The summed E-state index contributed by atoms with van der Waals surface area (Å²) in [7, 11) is 0. The number of carbonyl (C=O) groups is 1.